The predicted octanol–water partition coefficient (Wildman–Crippen LogP) is 1.82. The summed E-state index contributed by atoms with van der Waals surface area (Å²) in [4.78, 5) is 12.9. The number of sulfonamides is 1. The van der Waals surface area contributed by atoms with Crippen molar-refractivity contribution in [3.8, 4) is 0 Å². The van der Waals surface area contributed by atoms with Gasteiger partial charge in [0.2, 0.25) is 15.9 Å². The average molecular weight is 381 g/mol. The molecule has 26 heavy (non-hydrogen) atoms. The van der Waals surface area contributed by atoms with Gasteiger partial charge in [-0.25, -0.2) is 8.42 Å². The molecule has 3 atom stereocenters. The number of hydrogen-bond acceptors (Lipinski definition) is 4. The molecule has 0 radical (unpaired) electrons. The van der Waals surface area contributed by atoms with Gasteiger partial charge in [0, 0.05) is 19.1 Å². The number of benzene rings is 1. The molecule has 1 aromatic carbocycles. The van der Waals surface area contributed by atoms with Crippen LogP contribution in [0.15, 0.2) is 29.2 Å². The zero-order valence-corrected chi connectivity index (χ0v) is 16.0. The molecule has 0 bridgehead atoms. The summed E-state index contributed by atoms with van der Waals surface area (Å²) in [7, 11) is -3.58. The van der Waals surface area contributed by atoms with E-state index in [0.29, 0.717) is 25.8 Å². The third kappa shape index (κ3) is 4.45. The highest BCUT2D eigenvalue weighted by Crippen LogP contribution is 2.25. The number of aryl methyl sites for hydroxylation is 1. The number of aliphatic hydroxyl groups excluding tert-OH is 1. The molecule has 1 saturated heterocycles. The van der Waals surface area contributed by atoms with Crippen molar-refractivity contribution >= 4 is 15.9 Å². The van der Waals surface area contributed by atoms with Crippen LogP contribution in [0.3, 0.4) is 0 Å². The molecule has 2 aliphatic rings. The van der Waals surface area contributed by atoms with Gasteiger partial charge in [0.15, 0.2) is 0 Å². The Balaban J connectivity index is 1.66. The third-order valence-electron chi connectivity index (χ3n) is 5.38. The first kappa shape index (κ1) is 19.3. The maximum absolute atomic E-state index is 12.9. The number of rotatable bonds is 4. The molecule has 0 aromatic heterocycles. The fraction of sp³-hybridized carbons (Fsp3) is 0.632. The molecule has 1 aliphatic heterocycles. The zero-order chi connectivity index (χ0) is 18.7. The smallest absolute Gasteiger partial charge is 0.243 e. The average Bonchev–Trinajstić information content (AvgIpc) is 2.62. The summed E-state index contributed by atoms with van der Waals surface area (Å²) in [6.45, 7) is 2.53. The van der Waals surface area contributed by atoms with Gasteiger partial charge in [0.1, 0.15) is 0 Å². The maximum Gasteiger partial charge on any atom is 0.243 e. The molecule has 1 aliphatic carbocycles. The molecule has 3 rings (SSSR count). The summed E-state index contributed by atoms with van der Waals surface area (Å²) >= 11 is 0. The van der Waals surface area contributed by atoms with E-state index >= 15 is 0 Å². The van der Waals surface area contributed by atoms with Crippen LogP contribution in [0.4, 0.5) is 0 Å². The normalized spacial score (nSPS) is 27.8. The van der Waals surface area contributed by atoms with Gasteiger partial charge in [-0.05, 0) is 63.1 Å². The Labute approximate surface area is 155 Å². The third-order valence-corrected chi connectivity index (χ3v) is 7.24. The topological polar surface area (TPSA) is 86.7 Å². The molecule has 2 fully saturated rings. The monoisotopic (exact) mass is 380 g/mol. The van der Waals surface area contributed by atoms with Crippen molar-refractivity contribution in [2.75, 3.05) is 13.1 Å². The molecule has 0 spiro atoms. The Hall–Kier alpha value is -1.44. The van der Waals surface area contributed by atoms with Gasteiger partial charge in [-0.15, -0.1) is 0 Å². The molecule has 1 amide bonds. The Morgan fingerprint density at radius 3 is 2.77 bits per heavy atom. The number of aliphatic hydroxyl groups is 1. The number of carbonyl (C=O) groups excluding carboxylic acids is 1. The molecule has 6 nitrogen and oxygen atoms in total. The Kier molecular flexibility index (Phi) is 5.99. The van der Waals surface area contributed by atoms with Crippen LogP contribution in [0.2, 0.25) is 0 Å². The largest absolute Gasteiger partial charge is 0.393 e. The van der Waals surface area contributed by atoms with Crippen LogP contribution in [0, 0.1) is 12.8 Å². The maximum atomic E-state index is 12.9. The second-order valence-corrected chi connectivity index (χ2v) is 9.48. The fourth-order valence-corrected chi connectivity index (χ4v) is 5.54. The fourth-order valence-electron chi connectivity index (χ4n) is 3.91. The SMILES string of the molecule is Cc1cccc(S(=O)(=O)N2CCC[C@H](C(=O)NC3CCCC(O)C3)C2)c1. The van der Waals surface area contributed by atoms with Crippen molar-refractivity contribution in [3.05, 3.63) is 29.8 Å². The van der Waals surface area contributed by atoms with E-state index in [9.17, 15) is 18.3 Å². The van der Waals surface area contributed by atoms with E-state index in [0.717, 1.165) is 24.8 Å². The lowest BCUT2D eigenvalue weighted by Gasteiger charge is -2.33. The molecule has 1 heterocycles. The Bertz CT molecular complexity index is 750. The van der Waals surface area contributed by atoms with E-state index in [1.165, 1.54) is 4.31 Å². The lowest BCUT2D eigenvalue weighted by Crippen LogP contribution is -2.48. The first-order valence-corrected chi connectivity index (χ1v) is 10.9. The molecular weight excluding hydrogens is 352 g/mol. The standard InChI is InChI=1S/C19H28N2O4S/c1-14-5-2-9-18(11-14)26(24,25)21-10-4-6-15(13-21)19(23)20-16-7-3-8-17(22)12-16/h2,5,9,11,15-17,22H,3-4,6-8,10,12-13H2,1H3,(H,20,23)/t15-,16?,17?/m0/s1. The Morgan fingerprint density at radius 1 is 1.23 bits per heavy atom. The van der Waals surface area contributed by atoms with Crippen molar-refractivity contribution in [2.45, 2.75) is 62.5 Å². The molecular formula is C19H28N2O4S. The highest BCUT2D eigenvalue weighted by molar-refractivity contribution is 7.89. The van der Waals surface area contributed by atoms with Crippen LogP contribution in [0.1, 0.15) is 44.1 Å². The highest BCUT2D eigenvalue weighted by Gasteiger charge is 2.34. The van der Waals surface area contributed by atoms with Gasteiger partial charge in [-0.2, -0.15) is 4.31 Å². The number of hydrogen-bond donors (Lipinski definition) is 2. The molecule has 144 valence electrons. The van der Waals surface area contributed by atoms with E-state index in [1.54, 1.807) is 18.2 Å². The van der Waals surface area contributed by atoms with Gasteiger partial charge in [0.25, 0.3) is 0 Å². The van der Waals surface area contributed by atoms with Crippen LogP contribution in [-0.2, 0) is 14.8 Å². The van der Waals surface area contributed by atoms with Crippen molar-refractivity contribution in [1.29, 1.82) is 0 Å². The van der Waals surface area contributed by atoms with E-state index in [-0.39, 0.29) is 35.4 Å². The van der Waals surface area contributed by atoms with Crippen LogP contribution < -0.4 is 5.32 Å². The second kappa shape index (κ2) is 8.06. The Morgan fingerprint density at radius 2 is 2.04 bits per heavy atom. The summed E-state index contributed by atoms with van der Waals surface area (Å²) in [6, 6.07) is 6.88. The highest BCUT2D eigenvalue weighted by atomic mass is 32.2. The number of nitrogens with one attached hydrogen (secondary N) is 1. The molecule has 1 aromatic rings. The van der Waals surface area contributed by atoms with Crippen LogP contribution in [0.25, 0.3) is 0 Å². The summed E-state index contributed by atoms with van der Waals surface area (Å²) in [5.41, 5.74) is 0.897. The lowest BCUT2D eigenvalue weighted by atomic mass is 9.91. The summed E-state index contributed by atoms with van der Waals surface area (Å²) in [5, 5.41) is 12.8. The summed E-state index contributed by atoms with van der Waals surface area (Å²) < 4.78 is 27.2. The van der Waals surface area contributed by atoms with Crippen LogP contribution in [-0.4, -0.2) is 49.0 Å². The number of nitrogens with zero attached hydrogens (tertiary/aromatic N) is 1. The van der Waals surface area contributed by atoms with Crippen LogP contribution >= 0.6 is 0 Å². The summed E-state index contributed by atoms with van der Waals surface area (Å²) in [6.07, 6.45) is 4.18. The van der Waals surface area contributed by atoms with Gasteiger partial charge in [0.05, 0.1) is 16.9 Å². The van der Waals surface area contributed by atoms with Gasteiger partial charge in [-0.3, -0.25) is 4.79 Å². The number of amides is 1. The number of piperidine rings is 1. The van der Waals surface area contributed by atoms with Gasteiger partial charge < -0.3 is 10.4 Å². The lowest BCUT2D eigenvalue weighted by molar-refractivity contribution is -0.127. The minimum Gasteiger partial charge on any atom is -0.393 e. The van der Waals surface area contributed by atoms with E-state index in [2.05, 4.69) is 5.32 Å². The summed E-state index contributed by atoms with van der Waals surface area (Å²) in [5.74, 6) is -0.421. The van der Waals surface area contributed by atoms with Crippen molar-refractivity contribution < 1.29 is 18.3 Å². The van der Waals surface area contributed by atoms with E-state index < -0.39 is 10.0 Å². The van der Waals surface area contributed by atoms with Crippen LogP contribution in [0.5, 0.6) is 0 Å². The zero-order valence-electron chi connectivity index (χ0n) is 15.2. The first-order chi connectivity index (χ1) is 12.4. The molecule has 7 heteroatoms. The van der Waals surface area contributed by atoms with Gasteiger partial charge >= 0.3 is 0 Å². The minimum atomic E-state index is -3.58. The van der Waals surface area contributed by atoms with Crippen molar-refractivity contribution in [1.82, 2.24) is 9.62 Å². The number of carbonyl (C=O) groups is 1. The molecule has 1 saturated carbocycles. The van der Waals surface area contributed by atoms with Crippen molar-refractivity contribution in [3.63, 3.8) is 0 Å². The predicted molar refractivity (Wildman–Crippen MR) is 99.1 cm³/mol. The van der Waals surface area contributed by atoms with E-state index in [1.807, 2.05) is 13.0 Å². The quantitative estimate of drug-likeness (QED) is 0.834. The molecule has 2 unspecified atom stereocenters. The van der Waals surface area contributed by atoms with Crippen molar-refractivity contribution in [2.24, 2.45) is 5.92 Å². The molecule has 2 N–H and O–H groups in total. The van der Waals surface area contributed by atoms with E-state index in [4.69, 9.17) is 0 Å². The second-order valence-electron chi connectivity index (χ2n) is 7.54. The van der Waals surface area contributed by atoms with Gasteiger partial charge in [-0.1, -0.05) is 12.1 Å². The first-order valence-electron chi connectivity index (χ1n) is 9.41. The minimum absolute atomic E-state index is 0.00462.